The summed E-state index contributed by atoms with van der Waals surface area (Å²) in [6, 6.07) is 10.1. The number of benzene rings is 1. The van der Waals surface area contributed by atoms with Crippen molar-refractivity contribution in [2.75, 3.05) is 13.2 Å². The Morgan fingerprint density at radius 3 is 2.04 bits per heavy atom. The normalized spacial score (nSPS) is 14.1. The van der Waals surface area contributed by atoms with Gasteiger partial charge in [0.05, 0.1) is 25.9 Å². The highest BCUT2D eigenvalue weighted by Gasteiger charge is 2.45. The molecule has 0 amide bonds. The van der Waals surface area contributed by atoms with Gasteiger partial charge in [0.25, 0.3) is 0 Å². The molecular formula is C22H38O3Si. The van der Waals surface area contributed by atoms with Gasteiger partial charge in [-0.2, -0.15) is 0 Å². The second kappa shape index (κ2) is 11.7. The Kier molecular flexibility index (Phi) is 10.4. The third-order valence-corrected chi connectivity index (χ3v) is 11.2. The number of hydrogen-bond donors (Lipinski definition) is 1. The van der Waals surface area contributed by atoms with E-state index in [4.69, 9.17) is 9.16 Å². The summed E-state index contributed by atoms with van der Waals surface area (Å²) in [4.78, 5) is 0. The van der Waals surface area contributed by atoms with Crippen LogP contribution in [-0.4, -0.2) is 32.7 Å². The maximum Gasteiger partial charge on any atom is 0.200 e. The van der Waals surface area contributed by atoms with Crippen LogP contribution in [-0.2, 0) is 15.8 Å². The Hall–Kier alpha value is -0.943. The molecule has 1 aromatic rings. The smallest absolute Gasteiger partial charge is 0.200 e. The topological polar surface area (TPSA) is 38.7 Å². The van der Waals surface area contributed by atoms with Crippen molar-refractivity contribution in [1.29, 1.82) is 0 Å². The predicted octanol–water partition coefficient (Wildman–Crippen LogP) is 5.70. The van der Waals surface area contributed by atoms with E-state index in [0.717, 1.165) is 0 Å². The molecule has 1 atom stereocenters. The number of aliphatic hydroxyl groups excluding tert-OH is 1. The lowest BCUT2D eigenvalue weighted by atomic mass is 10.2. The number of ether oxygens (including phenoxy) is 1. The maximum atomic E-state index is 10.3. The van der Waals surface area contributed by atoms with E-state index in [-0.39, 0.29) is 0 Å². The van der Waals surface area contributed by atoms with Gasteiger partial charge >= 0.3 is 0 Å². The lowest BCUT2D eigenvalue weighted by Crippen LogP contribution is -2.49. The summed E-state index contributed by atoms with van der Waals surface area (Å²) in [6.45, 7) is 15.2. The third kappa shape index (κ3) is 6.99. The molecule has 0 fully saturated rings. The zero-order chi connectivity index (χ0) is 19.6. The lowest BCUT2D eigenvalue weighted by Gasteiger charge is -2.42. The molecule has 1 unspecified atom stereocenters. The van der Waals surface area contributed by atoms with E-state index in [9.17, 15) is 5.11 Å². The Morgan fingerprint density at radius 2 is 1.50 bits per heavy atom. The second-order valence-electron chi connectivity index (χ2n) is 7.99. The Balaban J connectivity index is 2.35. The van der Waals surface area contributed by atoms with Crippen molar-refractivity contribution in [3.63, 3.8) is 0 Å². The summed E-state index contributed by atoms with van der Waals surface area (Å²) in [6.07, 6.45) is 4.11. The first kappa shape index (κ1) is 23.1. The van der Waals surface area contributed by atoms with Crippen molar-refractivity contribution < 1.29 is 14.3 Å². The van der Waals surface area contributed by atoms with E-state index in [2.05, 4.69) is 53.7 Å². The minimum atomic E-state index is -1.90. The van der Waals surface area contributed by atoms with E-state index >= 15 is 0 Å². The van der Waals surface area contributed by atoms with Crippen molar-refractivity contribution in [2.24, 2.45) is 0 Å². The minimum Gasteiger partial charge on any atom is -0.413 e. The van der Waals surface area contributed by atoms with E-state index < -0.39 is 14.4 Å². The molecule has 0 aromatic heterocycles. The van der Waals surface area contributed by atoms with Crippen LogP contribution in [0.2, 0.25) is 16.6 Å². The fourth-order valence-electron chi connectivity index (χ4n) is 3.95. The minimum absolute atomic E-state index is 0.427. The second-order valence-corrected chi connectivity index (χ2v) is 13.5. The van der Waals surface area contributed by atoms with Crippen LogP contribution < -0.4 is 0 Å². The summed E-state index contributed by atoms with van der Waals surface area (Å²) in [5, 5.41) is 10.3. The average Bonchev–Trinajstić information content (AvgIpc) is 2.58. The van der Waals surface area contributed by atoms with E-state index in [0.29, 0.717) is 42.9 Å². The Bertz CT molecular complexity index is 490. The van der Waals surface area contributed by atoms with Crippen LogP contribution in [0.25, 0.3) is 0 Å². The molecule has 3 nitrogen and oxygen atoms in total. The van der Waals surface area contributed by atoms with E-state index in [1.807, 2.05) is 30.4 Å². The molecule has 0 saturated carbocycles. The van der Waals surface area contributed by atoms with Crippen molar-refractivity contribution in [3.8, 4) is 0 Å². The van der Waals surface area contributed by atoms with Gasteiger partial charge in [0.15, 0.2) is 8.32 Å². The zero-order valence-electron chi connectivity index (χ0n) is 17.4. The summed E-state index contributed by atoms with van der Waals surface area (Å²) in [5.41, 5.74) is 2.79. The lowest BCUT2D eigenvalue weighted by molar-refractivity contribution is 0.0992. The molecule has 0 saturated heterocycles. The molecule has 4 heteroatoms. The van der Waals surface area contributed by atoms with Gasteiger partial charge in [0, 0.05) is 0 Å². The fourth-order valence-corrected chi connectivity index (χ4v) is 9.43. The Morgan fingerprint density at radius 1 is 0.923 bits per heavy atom. The first-order chi connectivity index (χ1) is 12.3. The van der Waals surface area contributed by atoms with Gasteiger partial charge in [-0.05, 0) is 28.6 Å². The zero-order valence-corrected chi connectivity index (χ0v) is 18.4. The fraction of sp³-hybridized carbons (Fsp3) is 0.636. The summed E-state index contributed by atoms with van der Waals surface area (Å²) in [5.74, 6) is 0. The first-order valence-electron chi connectivity index (χ1n) is 9.89. The summed E-state index contributed by atoms with van der Waals surface area (Å²) >= 11 is 0. The average molecular weight is 379 g/mol. The maximum absolute atomic E-state index is 10.3. The van der Waals surface area contributed by atoms with Crippen LogP contribution in [0.15, 0.2) is 42.5 Å². The molecule has 0 heterocycles. The van der Waals surface area contributed by atoms with Gasteiger partial charge in [-0.3, -0.25) is 0 Å². The van der Waals surface area contributed by atoms with Crippen LogP contribution >= 0.6 is 0 Å². The van der Waals surface area contributed by atoms with E-state index in [1.165, 1.54) is 5.56 Å². The van der Waals surface area contributed by atoms with E-state index in [1.54, 1.807) is 0 Å². The van der Waals surface area contributed by atoms with Crippen LogP contribution in [0, 0.1) is 0 Å². The summed E-state index contributed by atoms with van der Waals surface area (Å²) in [7, 11) is -1.90. The predicted molar refractivity (Wildman–Crippen MR) is 113 cm³/mol. The Labute approximate surface area is 161 Å². The highest BCUT2D eigenvalue weighted by Crippen LogP contribution is 2.42. The van der Waals surface area contributed by atoms with Crippen LogP contribution in [0.1, 0.15) is 53.5 Å². The summed E-state index contributed by atoms with van der Waals surface area (Å²) < 4.78 is 12.1. The van der Waals surface area contributed by atoms with Crippen LogP contribution in [0.4, 0.5) is 0 Å². The molecule has 1 N–H and O–H groups in total. The van der Waals surface area contributed by atoms with Crippen LogP contribution in [0.5, 0.6) is 0 Å². The van der Waals surface area contributed by atoms with Crippen molar-refractivity contribution in [3.05, 3.63) is 48.0 Å². The standard InChI is InChI=1S/C22H38O3Si/c1-18(2)26(19(3)4,20(5)6)25-17-22(23)14-10-11-15-24-16-21-12-8-7-9-13-21/h7-13,18-20,22-23H,14-17H2,1-6H3/b11-10-. The van der Waals surface area contributed by atoms with Gasteiger partial charge in [-0.25, -0.2) is 0 Å². The molecule has 0 radical (unpaired) electrons. The largest absolute Gasteiger partial charge is 0.413 e. The molecule has 0 aliphatic rings. The third-order valence-electron chi connectivity index (χ3n) is 5.13. The molecule has 26 heavy (non-hydrogen) atoms. The van der Waals surface area contributed by atoms with Crippen molar-refractivity contribution in [1.82, 2.24) is 0 Å². The van der Waals surface area contributed by atoms with Gasteiger partial charge in [-0.1, -0.05) is 84.0 Å². The number of rotatable bonds is 12. The highest BCUT2D eigenvalue weighted by molar-refractivity contribution is 6.77. The molecule has 0 aliphatic heterocycles. The monoisotopic (exact) mass is 378 g/mol. The molecule has 0 aliphatic carbocycles. The number of hydrogen-bond acceptors (Lipinski definition) is 3. The van der Waals surface area contributed by atoms with Gasteiger partial charge in [-0.15, -0.1) is 0 Å². The van der Waals surface area contributed by atoms with Crippen LogP contribution in [0.3, 0.4) is 0 Å². The number of aliphatic hydroxyl groups is 1. The first-order valence-corrected chi connectivity index (χ1v) is 12.0. The molecule has 1 aromatic carbocycles. The van der Waals surface area contributed by atoms with Crippen molar-refractivity contribution >= 4 is 8.32 Å². The molecule has 0 bridgehead atoms. The van der Waals surface area contributed by atoms with Gasteiger partial charge in [0.2, 0.25) is 0 Å². The van der Waals surface area contributed by atoms with Gasteiger partial charge in [0.1, 0.15) is 0 Å². The van der Waals surface area contributed by atoms with Crippen molar-refractivity contribution in [2.45, 2.75) is 77.3 Å². The quantitative estimate of drug-likeness (QED) is 0.288. The molecule has 0 spiro atoms. The highest BCUT2D eigenvalue weighted by atomic mass is 28.4. The molecular weight excluding hydrogens is 340 g/mol. The van der Waals surface area contributed by atoms with Gasteiger partial charge < -0.3 is 14.3 Å². The SMILES string of the molecule is CC(C)[Si](OCC(O)C/C=C\COCc1ccccc1)(C(C)C)C(C)C. The molecule has 1 rings (SSSR count). The molecule has 148 valence electrons.